The van der Waals surface area contributed by atoms with Crippen molar-refractivity contribution in [3.8, 4) is 0 Å². The molecule has 0 unspecified atom stereocenters. The van der Waals surface area contributed by atoms with Crippen LogP contribution in [0.15, 0.2) is 30.3 Å². The molecule has 7 heteroatoms. The summed E-state index contributed by atoms with van der Waals surface area (Å²) in [4.78, 5) is 12.1. The molecule has 5 atom stereocenters. The van der Waals surface area contributed by atoms with Crippen molar-refractivity contribution < 1.29 is 35.1 Å². The molecule has 0 spiro atoms. The molecule has 1 heterocycles. The van der Waals surface area contributed by atoms with Crippen molar-refractivity contribution in [1.29, 1.82) is 0 Å². The highest BCUT2D eigenvalue weighted by atomic mass is 16.7. The first-order valence-corrected chi connectivity index (χ1v) is 6.52. The van der Waals surface area contributed by atoms with Crippen LogP contribution in [0.2, 0.25) is 0 Å². The fraction of sp³-hybridized carbons (Fsp3) is 0.500. The third-order valence-corrected chi connectivity index (χ3v) is 3.56. The Bertz CT molecular complexity index is 489. The van der Waals surface area contributed by atoms with Gasteiger partial charge in [-0.3, -0.25) is 4.79 Å². The largest absolute Gasteiger partial charge is 0.394 e. The van der Waals surface area contributed by atoms with Gasteiger partial charge in [-0.1, -0.05) is 30.3 Å². The van der Waals surface area contributed by atoms with E-state index in [4.69, 9.17) is 9.84 Å². The number of aliphatic hydroxyl groups is 5. The number of hydrogen-bond acceptors (Lipinski definition) is 7. The van der Waals surface area contributed by atoms with Crippen LogP contribution in [0.5, 0.6) is 0 Å². The summed E-state index contributed by atoms with van der Waals surface area (Å²) in [6.07, 6.45) is -7.07. The number of carbonyl (C=O) groups excluding carboxylic acids is 1. The fourth-order valence-electron chi connectivity index (χ4n) is 2.32. The fourth-order valence-corrected chi connectivity index (χ4v) is 2.32. The van der Waals surface area contributed by atoms with Crippen molar-refractivity contribution in [3.05, 3.63) is 35.9 Å². The van der Waals surface area contributed by atoms with E-state index < -0.39 is 49.0 Å². The van der Waals surface area contributed by atoms with Gasteiger partial charge in [0.25, 0.3) is 0 Å². The number of ether oxygens (including phenoxy) is 1. The van der Waals surface area contributed by atoms with Gasteiger partial charge in [0.2, 0.25) is 5.79 Å². The minimum atomic E-state index is -2.38. The molecule has 1 aliphatic heterocycles. The van der Waals surface area contributed by atoms with Crippen LogP contribution in [-0.4, -0.2) is 68.1 Å². The van der Waals surface area contributed by atoms with Crippen LogP contribution in [0, 0.1) is 0 Å². The molecule has 1 aliphatic rings. The predicted molar refractivity (Wildman–Crippen MR) is 70.3 cm³/mol. The Kier molecular flexibility index (Phi) is 4.72. The molecule has 0 aliphatic carbocycles. The summed E-state index contributed by atoms with van der Waals surface area (Å²) in [6.45, 7) is -0.674. The van der Waals surface area contributed by atoms with E-state index in [1.165, 1.54) is 12.1 Å². The number of carbonyl (C=O) groups is 1. The average Bonchev–Trinajstić information content (AvgIpc) is 2.50. The maximum absolute atomic E-state index is 12.1. The first kappa shape index (κ1) is 16.0. The summed E-state index contributed by atoms with van der Waals surface area (Å²) in [5.41, 5.74) is 0.308. The summed E-state index contributed by atoms with van der Waals surface area (Å²) < 4.78 is 5.03. The molecule has 1 fully saturated rings. The number of rotatable bonds is 4. The van der Waals surface area contributed by atoms with E-state index in [0.717, 1.165) is 0 Å². The van der Waals surface area contributed by atoms with Crippen LogP contribution in [0.3, 0.4) is 0 Å². The lowest BCUT2D eigenvalue weighted by Crippen LogP contribution is -2.65. The number of benzene rings is 1. The lowest BCUT2D eigenvalue weighted by atomic mass is 9.88. The molecule has 21 heavy (non-hydrogen) atoms. The van der Waals surface area contributed by atoms with Crippen molar-refractivity contribution >= 4 is 5.78 Å². The molecule has 1 aromatic rings. The van der Waals surface area contributed by atoms with Crippen LogP contribution < -0.4 is 0 Å². The van der Waals surface area contributed by atoms with Gasteiger partial charge in [-0.2, -0.15) is 0 Å². The van der Waals surface area contributed by atoms with Gasteiger partial charge in [-0.05, 0) is 0 Å². The average molecular weight is 298 g/mol. The summed E-state index contributed by atoms with van der Waals surface area (Å²) in [5.74, 6) is -2.88. The molecule has 0 amide bonds. The van der Waals surface area contributed by atoms with Crippen LogP contribution in [0.4, 0.5) is 0 Å². The minimum Gasteiger partial charge on any atom is -0.394 e. The summed E-state index contributed by atoms with van der Waals surface area (Å²) in [6, 6.07) is 8.08. The van der Waals surface area contributed by atoms with E-state index in [0.29, 0.717) is 5.56 Å². The summed E-state index contributed by atoms with van der Waals surface area (Å²) >= 11 is 0. The topological polar surface area (TPSA) is 127 Å². The Morgan fingerprint density at radius 1 is 1.14 bits per heavy atom. The number of hydrogen-bond donors (Lipinski definition) is 5. The lowest BCUT2D eigenvalue weighted by molar-refractivity contribution is -0.346. The molecule has 0 aromatic heterocycles. The zero-order valence-electron chi connectivity index (χ0n) is 11.2. The second kappa shape index (κ2) is 6.18. The van der Waals surface area contributed by atoms with E-state index in [-0.39, 0.29) is 0 Å². The molecular weight excluding hydrogens is 280 g/mol. The van der Waals surface area contributed by atoms with E-state index >= 15 is 0 Å². The van der Waals surface area contributed by atoms with Gasteiger partial charge in [0, 0.05) is 5.56 Å². The van der Waals surface area contributed by atoms with Crippen molar-refractivity contribution in [3.63, 3.8) is 0 Å². The molecular formula is C14H18O7. The molecule has 2 rings (SSSR count). The van der Waals surface area contributed by atoms with Crippen LogP contribution in [-0.2, 0) is 4.74 Å². The molecule has 7 nitrogen and oxygen atoms in total. The van der Waals surface area contributed by atoms with Gasteiger partial charge in [-0.15, -0.1) is 0 Å². The maximum atomic E-state index is 12.1. The molecule has 0 saturated carbocycles. The van der Waals surface area contributed by atoms with Crippen molar-refractivity contribution in [2.24, 2.45) is 0 Å². The second-order valence-corrected chi connectivity index (χ2v) is 5.08. The maximum Gasteiger partial charge on any atom is 0.202 e. The Hall–Kier alpha value is -1.35. The molecule has 1 saturated heterocycles. The smallest absolute Gasteiger partial charge is 0.202 e. The van der Waals surface area contributed by atoms with E-state index in [1.54, 1.807) is 18.2 Å². The van der Waals surface area contributed by atoms with Gasteiger partial charge in [0.05, 0.1) is 13.0 Å². The number of aliphatic hydroxyl groups excluding tert-OH is 4. The Morgan fingerprint density at radius 2 is 1.76 bits per heavy atom. The second-order valence-electron chi connectivity index (χ2n) is 5.08. The SMILES string of the molecule is O=C(C[C@]1(O)O[C@H](CO)[C@@H](O)[C@H](O)[C@H]1O)c1ccccc1. The van der Waals surface area contributed by atoms with Crippen LogP contribution in [0.1, 0.15) is 16.8 Å². The van der Waals surface area contributed by atoms with Gasteiger partial charge in [0.15, 0.2) is 5.78 Å². The standard InChI is InChI=1S/C14H18O7/c15-7-10-11(17)12(18)13(19)14(20,21-10)6-9(16)8-4-2-1-3-5-8/h1-5,10-13,15,17-20H,6-7H2/t10-,11-,12+,13-,14+/m1/s1. The zero-order valence-corrected chi connectivity index (χ0v) is 11.2. The Labute approximate surface area is 121 Å². The first-order chi connectivity index (χ1) is 9.89. The zero-order chi connectivity index (χ0) is 15.6. The van der Waals surface area contributed by atoms with Crippen LogP contribution in [0.25, 0.3) is 0 Å². The highest BCUT2D eigenvalue weighted by molar-refractivity contribution is 5.96. The highest BCUT2D eigenvalue weighted by Gasteiger charge is 2.53. The van der Waals surface area contributed by atoms with Crippen molar-refractivity contribution in [1.82, 2.24) is 0 Å². The normalized spacial score (nSPS) is 36.4. The van der Waals surface area contributed by atoms with Gasteiger partial charge in [0.1, 0.15) is 24.4 Å². The van der Waals surface area contributed by atoms with E-state index in [2.05, 4.69) is 0 Å². The highest BCUT2D eigenvalue weighted by Crippen LogP contribution is 2.31. The van der Waals surface area contributed by atoms with E-state index in [9.17, 15) is 25.2 Å². The molecule has 116 valence electrons. The Morgan fingerprint density at radius 3 is 2.33 bits per heavy atom. The van der Waals surface area contributed by atoms with Crippen LogP contribution >= 0.6 is 0 Å². The first-order valence-electron chi connectivity index (χ1n) is 6.52. The molecule has 5 N–H and O–H groups in total. The Balaban J connectivity index is 2.18. The van der Waals surface area contributed by atoms with Crippen molar-refractivity contribution in [2.45, 2.75) is 36.6 Å². The predicted octanol–water partition coefficient (Wildman–Crippen LogP) is -1.58. The monoisotopic (exact) mass is 298 g/mol. The quantitative estimate of drug-likeness (QED) is 0.425. The van der Waals surface area contributed by atoms with E-state index in [1.807, 2.05) is 0 Å². The van der Waals surface area contributed by atoms with Gasteiger partial charge < -0.3 is 30.3 Å². The third kappa shape index (κ3) is 3.13. The number of Topliss-reactive ketones (excluding diaryl/α,β-unsaturated/α-hetero) is 1. The third-order valence-electron chi connectivity index (χ3n) is 3.56. The van der Waals surface area contributed by atoms with Crippen molar-refractivity contribution in [2.75, 3.05) is 6.61 Å². The summed E-state index contributed by atoms with van der Waals surface area (Å²) in [7, 11) is 0. The minimum absolute atomic E-state index is 0.308. The van der Waals surface area contributed by atoms with Gasteiger partial charge in [-0.25, -0.2) is 0 Å². The van der Waals surface area contributed by atoms with Gasteiger partial charge >= 0.3 is 0 Å². The number of ketones is 1. The summed E-state index contributed by atoms with van der Waals surface area (Å²) in [5, 5.41) is 48.5. The molecule has 0 bridgehead atoms. The molecule has 1 aromatic carbocycles. The molecule has 0 radical (unpaired) electrons. The lowest BCUT2D eigenvalue weighted by Gasteiger charge is -2.45.